The third-order valence-electron chi connectivity index (χ3n) is 10.5. The zero-order valence-corrected chi connectivity index (χ0v) is 27.8. The predicted octanol–water partition coefficient (Wildman–Crippen LogP) is 11.1. The van der Waals surface area contributed by atoms with Gasteiger partial charge in [0.25, 0.3) is 0 Å². The lowest BCUT2D eigenvalue weighted by Crippen LogP contribution is -2.44. The van der Waals surface area contributed by atoms with Crippen LogP contribution in [0.2, 0.25) is 0 Å². The van der Waals surface area contributed by atoms with Crippen molar-refractivity contribution in [2.24, 2.45) is 44.3 Å². The molecule has 3 heteroatoms. The first-order valence-electron chi connectivity index (χ1n) is 15.3. The molecule has 0 bridgehead atoms. The molecule has 224 valence electrons. The summed E-state index contributed by atoms with van der Waals surface area (Å²) in [4.78, 5) is 0. The first kappa shape index (κ1) is 32.4. The van der Waals surface area contributed by atoms with Gasteiger partial charge in [0.15, 0.2) is 0 Å². The number of aliphatic hydroxyl groups is 3. The van der Waals surface area contributed by atoms with Crippen LogP contribution in [0.5, 0.6) is 0 Å². The van der Waals surface area contributed by atoms with Crippen LogP contribution in [-0.4, -0.2) is 15.3 Å². The molecule has 0 radical (unpaired) electrons. The van der Waals surface area contributed by atoms with Crippen LogP contribution in [0.4, 0.5) is 0 Å². The Labute approximate surface area is 245 Å². The molecule has 3 aliphatic carbocycles. The Morgan fingerprint density at radius 3 is 1.15 bits per heavy atom. The average Bonchev–Trinajstić information content (AvgIpc) is 2.80. The summed E-state index contributed by atoms with van der Waals surface area (Å²) < 4.78 is 0. The van der Waals surface area contributed by atoms with E-state index in [4.69, 9.17) is 0 Å². The molecular formula is C37H58O3. The predicted molar refractivity (Wildman–Crippen MR) is 170 cm³/mol. The highest BCUT2D eigenvalue weighted by molar-refractivity contribution is 5.37. The fraction of sp³-hybridized carbons (Fsp3) is 0.676. The van der Waals surface area contributed by atoms with Gasteiger partial charge in [0.1, 0.15) is 17.3 Å². The van der Waals surface area contributed by atoms with Crippen molar-refractivity contribution in [1.82, 2.24) is 0 Å². The summed E-state index contributed by atoms with van der Waals surface area (Å²) in [5.41, 5.74) is 2.53. The summed E-state index contributed by atoms with van der Waals surface area (Å²) in [5, 5.41) is 32.6. The molecule has 0 saturated carbocycles. The van der Waals surface area contributed by atoms with E-state index in [2.05, 4.69) is 108 Å². The maximum atomic E-state index is 10.9. The van der Waals surface area contributed by atoms with E-state index in [1.807, 2.05) is 18.2 Å². The van der Waals surface area contributed by atoms with Crippen molar-refractivity contribution in [3.63, 3.8) is 0 Å². The Kier molecular flexibility index (Phi) is 8.32. The molecule has 40 heavy (non-hydrogen) atoms. The van der Waals surface area contributed by atoms with Crippen LogP contribution in [0.1, 0.15) is 116 Å². The zero-order valence-electron chi connectivity index (χ0n) is 27.8. The second-order valence-corrected chi connectivity index (χ2v) is 17.1. The van der Waals surface area contributed by atoms with Gasteiger partial charge in [-0.3, -0.25) is 0 Å². The van der Waals surface area contributed by atoms with E-state index in [0.29, 0.717) is 23.2 Å². The highest BCUT2D eigenvalue weighted by atomic mass is 16.3. The lowest BCUT2D eigenvalue weighted by molar-refractivity contribution is 0.0577. The van der Waals surface area contributed by atoms with Gasteiger partial charge in [-0.2, -0.15) is 0 Å². The van der Waals surface area contributed by atoms with Crippen molar-refractivity contribution in [3.8, 4) is 0 Å². The van der Waals surface area contributed by atoms with Gasteiger partial charge < -0.3 is 15.3 Å². The normalized spacial score (nSPS) is 31.7. The van der Waals surface area contributed by atoms with E-state index in [-0.39, 0.29) is 38.4 Å². The molecule has 3 aliphatic rings. The summed E-state index contributed by atoms with van der Waals surface area (Å²) in [7, 11) is 0. The minimum atomic E-state index is -0.183. The minimum absolute atomic E-state index is 0.0910. The number of hydrogen-bond acceptors (Lipinski definition) is 3. The van der Waals surface area contributed by atoms with Crippen LogP contribution in [0.3, 0.4) is 0 Å². The van der Waals surface area contributed by atoms with E-state index in [1.54, 1.807) is 0 Å². The number of allylic oxidation sites excluding steroid dienone is 9. The Bertz CT molecular complexity index is 1120. The quantitative estimate of drug-likeness (QED) is 0.319. The Morgan fingerprint density at radius 2 is 0.850 bits per heavy atom. The molecule has 4 unspecified atom stereocenters. The third-order valence-corrected chi connectivity index (χ3v) is 10.5. The first-order chi connectivity index (χ1) is 17.9. The zero-order chi connectivity index (χ0) is 30.7. The maximum absolute atomic E-state index is 10.9. The SMILES string of the molecule is CC(CC(C1(C)C=CC(O)=C(C(C)(C)C)C1)C1(C)C=CC(O)=C(C(C)(C)C)C1)C1(C)C=CC(O)=C(C(C)(C)C)C1. The molecular weight excluding hydrogens is 492 g/mol. The topological polar surface area (TPSA) is 60.7 Å². The van der Waals surface area contributed by atoms with Gasteiger partial charge in [-0.1, -0.05) is 108 Å². The molecule has 0 saturated heterocycles. The van der Waals surface area contributed by atoms with Crippen LogP contribution in [0.25, 0.3) is 0 Å². The van der Waals surface area contributed by atoms with Gasteiger partial charge in [-0.15, -0.1) is 0 Å². The van der Waals surface area contributed by atoms with Gasteiger partial charge in [-0.05, 0) is 105 Å². The van der Waals surface area contributed by atoms with Gasteiger partial charge in [-0.25, -0.2) is 0 Å². The largest absolute Gasteiger partial charge is 0.508 e. The van der Waals surface area contributed by atoms with E-state index in [0.717, 1.165) is 42.4 Å². The van der Waals surface area contributed by atoms with Crippen LogP contribution in [-0.2, 0) is 0 Å². The van der Waals surface area contributed by atoms with Crippen LogP contribution in [0, 0.1) is 44.3 Å². The lowest BCUT2D eigenvalue weighted by Gasteiger charge is -2.52. The molecule has 0 spiro atoms. The number of aliphatic hydroxyl groups excluding tert-OH is 3. The van der Waals surface area contributed by atoms with Crippen molar-refractivity contribution < 1.29 is 15.3 Å². The molecule has 0 aliphatic heterocycles. The van der Waals surface area contributed by atoms with Crippen LogP contribution >= 0.6 is 0 Å². The molecule has 0 heterocycles. The summed E-state index contributed by atoms with van der Waals surface area (Å²) in [5.74, 6) is 1.83. The molecule has 0 aromatic rings. The highest BCUT2D eigenvalue weighted by Crippen LogP contribution is 2.59. The molecule has 0 aromatic heterocycles. The van der Waals surface area contributed by atoms with E-state index >= 15 is 0 Å². The number of rotatable bonds is 5. The first-order valence-corrected chi connectivity index (χ1v) is 15.3. The van der Waals surface area contributed by atoms with E-state index < -0.39 is 0 Å². The van der Waals surface area contributed by atoms with Crippen molar-refractivity contribution in [2.45, 2.75) is 116 Å². The van der Waals surface area contributed by atoms with Gasteiger partial charge in [0.05, 0.1) is 0 Å². The second kappa shape index (κ2) is 10.3. The van der Waals surface area contributed by atoms with Crippen molar-refractivity contribution >= 4 is 0 Å². The Balaban J connectivity index is 2.09. The van der Waals surface area contributed by atoms with Crippen LogP contribution in [0.15, 0.2) is 70.5 Å². The fourth-order valence-electron chi connectivity index (χ4n) is 7.38. The van der Waals surface area contributed by atoms with E-state index in [1.165, 1.54) is 0 Å². The third kappa shape index (κ3) is 6.34. The van der Waals surface area contributed by atoms with Gasteiger partial charge >= 0.3 is 0 Å². The monoisotopic (exact) mass is 550 g/mol. The van der Waals surface area contributed by atoms with Gasteiger partial charge in [0.2, 0.25) is 0 Å². The van der Waals surface area contributed by atoms with Gasteiger partial charge in [0, 0.05) is 0 Å². The summed E-state index contributed by atoms with van der Waals surface area (Å²) in [6, 6.07) is 0. The minimum Gasteiger partial charge on any atom is -0.508 e. The second-order valence-electron chi connectivity index (χ2n) is 17.1. The molecule has 0 aromatic carbocycles. The molecule has 4 atom stereocenters. The summed E-state index contributed by atoms with van der Waals surface area (Å²) in [6.07, 6.45) is 16.0. The number of hydrogen-bond donors (Lipinski definition) is 3. The van der Waals surface area contributed by atoms with E-state index in [9.17, 15) is 15.3 Å². The molecule has 3 N–H and O–H groups in total. The Morgan fingerprint density at radius 1 is 0.575 bits per heavy atom. The van der Waals surface area contributed by atoms with Crippen molar-refractivity contribution in [1.29, 1.82) is 0 Å². The standard InChI is InChI=1S/C37H58O3/c1-24(35(11)17-14-28(38)25(21-35)32(2,3)4)20-31(36(12)18-15-29(39)26(22-36)33(5,6)7)37(13)19-16-30(40)27(23-37)34(8,9)10/h14-19,24,31,38-40H,20-23H2,1-13H3. The smallest absolute Gasteiger partial charge is 0.115 e. The fourth-order valence-corrected chi connectivity index (χ4v) is 7.38. The van der Waals surface area contributed by atoms with Crippen molar-refractivity contribution in [3.05, 3.63) is 70.5 Å². The lowest BCUT2D eigenvalue weighted by atomic mass is 9.52. The molecule has 0 fully saturated rings. The Hall–Kier alpha value is -2.16. The highest BCUT2D eigenvalue weighted by Gasteiger charge is 2.50. The maximum Gasteiger partial charge on any atom is 0.115 e. The summed E-state index contributed by atoms with van der Waals surface area (Å²) >= 11 is 0. The molecule has 3 nitrogen and oxygen atoms in total. The van der Waals surface area contributed by atoms with Crippen molar-refractivity contribution in [2.75, 3.05) is 0 Å². The van der Waals surface area contributed by atoms with Crippen LogP contribution < -0.4 is 0 Å². The molecule has 3 rings (SSSR count). The summed E-state index contributed by atoms with van der Waals surface area (Å²) in [6.45, 7) is 29.2. The molecule has 0 amide bonds. The average molecular weight is 551 g/mol.